The second-order valence-corrected chi connectivity index (χ2v) is 16.6. The van der Waals surface area contributed by atoms with Gasteiger partial charge < -0.3 is 8.83 Å². The van der Waals surface area contributed by atoms with Gasteiger partial charge in [0, 0.05) is 38.2 Å². The average Bonchev–Trinajstić information content (AvgIpc) is 4.09. The Balaban J connectivity index is 0.975. The van der Waals surface area contributed by atoms with E-state index in [4.69, 9.17) is 23.8 Å². The summed E-state index contributed by atoms with van der Waals surface area (Å²) in [6, 6.07) is 70.9. The van der Waals surface area contributed by atoms with Crippen LogP contribution >= 0.6 is 0 Å². The fraction of sp³-hybridized carbons (Fsp3) is 0.0172. The van der Waals surface area contributed by atoms with Crippen LogP contribution in [0.1, 0.15) is 22.3 Å². The maximum absolute atomic E-state index is 6.63. The van der Waals surface area contributed by atoms with Gasteiger partial charge in [0.1, 0.15) is 22.3 Å². The molecule has 292 valence electrons. The molecule has 5 heteroatoms. The van der Waals surface area contributed by atoms with Crippen molar-refractivity contribution in [3.05, 3.63) is 222 Å². The van der Waals surface area contributed by atoms with Crippen LogP contribution in [0.5, 0.6) is 0 Å². The molecule has 0 saturated carbocycles. The van der Waals surface area contributed by atoms with Gasteiger partial charge in [0.05, 0.1) is 5.41 Å². The Hall–Kier alpha value is -8.41. The summed E-state index contributed by atoms with van der Waals surface area (Å²) in [7, 11) is 0. The van der Waals surface area contributed by atoms with E-state index in [0.717, 1.165) is 66.1 Å². The summed E-state index contributed by atoms with van der Waals surface area (Å²) in [5, 5.41) is 4.09. The summed E-state index contributed by atoms with van der Waals surface area (Å²) in [4.78, 5) is 15.5. The van der Waals surface area contributed by atoms with E-state index in [9.17, 15) is 0 Å². The molecule has 3 aromatic heterocycles. The van der Waals surface area contributed by atoms with Gasteiger partial charge in [-0.15, -0.1) is 0 Å². The van der Waals surface area contributed by atoms with Gasteiger partial charge in [0.2, 0.25) is 0 Å². The normalized spacial score (nSPS) is 13.2. The van der Waals surface area contributed by atoms with E-state index in [0.29, 0.717) is 17.5 Å². The molecular formula is C58H33N3O2. The van der Waals surface area contributed by atoms with E-state index in [1.807, 2.05) is 66.7 Å². The first kappa shape index (κ1) is 34.3. The first-order chi connectivity index (χ1) is 31.2. The van der Waals surface area contributed by atoms with Gasteiger partial charge in [-0.05, 0) is 92.0 Å². The van der Waals surface area contributed by atoms with Gasteiger partial charge in [-0.3, -0.25) is 0 Å². The second kappa shape index (κ2) is 12.8. The van der Waals surface area contributed by atoms with Crippen molar-refractivity contribution >= 4 is 43.9 Å². The molecule has 0 N–H and O–H groups in total. The van der Waals surface area contributed by atoms with Crippen molar-refractivity contribution in [1.29, 1.82) is 0 Å². The van der Waals surface area contributed by atoms with Gasteiger partial charge in [-0.25, -0.2) is 15.0 Å². The maximum Gasteiger partial charge on any atom is 0.164 e. The topological polar surface area (TPSA) is 65.0 Å². The third-order valence-corrected chi connectivity index (χ3v) is 13.4. The number of nitrogens with zero attached hydrogens (tertiary/aromatic N) is 3. The van der Waals surface area contributed by atoms with Crippen LogP contribution in [-0.2, 0) is 5.41 Å². The lowest BCUT2D eigenvalue weighted by molar-refractivity contribution is 0.668. The van der Waals surface area contributed by atoms with Gasteiger partial charge in [-0.2, -0.15) is 0 Å². The molecule has 1 spiro atoms. The van der Waals surface area contributed by atoms with Crippen LogP contribution in [0.4, 0.5) is 0 Å². The van der Waals surface area contributed by atoms with E-state index in [2.05, 4.69) is 133 Å². The molecule has 0 saturated heterocycles. The molecule has 2 aliphatic rings. The zero-order chi connectivity index (χ0) is 41.2. The molecular weight excluding hydrogens is 771 g/mol. The quantitative estimate of drug-likeness (QED) is 0.177. The SMILES string of the molecule is c1ccc(-c2nc(-c3ccc4c(c3)oc3ccccc34)nc(-c3cccc4oc5ccc(-c6cccc7c6-c6ccccc6C76c7ccccc7-c7ccccc76)cc5c34)n2)cc1. The molecule has 9 aromatic carbocycles. The lowest BCUT2D eigenvalue weighted by atomic mass is 9.70. The van der Waals surface area contributed by atoms with Crippen molar-refractivity contribution in [2.24, 2.45) is 0 Å². The molecule has 0 aliphatic heterocycles. The number of aromatic nitrogens is 3. The molecule has 0 unspecified atom stereocenters. The molecule has 12 aromatic rings. The summed E-state index contributed by atoms with van der Waals surface area (Å²) in [6.45, 7) is 0. The van der Waals surface area contributed by atoms with Crippen molar-refractivity contribution in [2.45, 2.75) is 5.41 Å². The lowest BCUT2D eigenvalue weighted by Gasteiger charge is -2.30. The van der Waals surface area contributed by atoms with Gasteiger partial charge >= 0.3 is 0 Å². The average molecular weight is 804 g/mol. The van der Waals surface area contributed by atoms with Crippen molar-refractivity contribution in [1.82, 2.24) is 15.0 Å². The van der Waals surface area contributed by atoms with Crippen molar-refractivity contribution in [2.75, 3.05) is 0 Å². The van der Waals surface area contributed by atoms with Crippen molar-refractivity contribution < 1.29 is 8.83 Å². The summed E-state index contributed by atoms with van der Waals surface area (Å²) in [5.74, 6) is 1.72. The molecule has 14 rings (SSSR count). The van der Waals surface area contributed by atoms with Gasteiger partial charge in [0.15, 0.2) is 17.5 Å². The minimum atomic E-state index is -0.420. The highest BCUT2D eigenvalue weighted by Gasteiger charge is 2.52. The number of hydrogen-bond donors (Lipinski definition) is 0. The molecule has 5 nitrogen and oxygen atoms in total. The molecule has 0 atom stereocenters. The Bertz CT molecular complexity index is 3830. The van der Waals surface area contributed by atoms with E-state index < -0.39 is 5.41 Å². The number of hydrogen-bond acceptors (Lipinski definition) is 5. The highest BCUT2D eigenvalue weighted by molar-refractivity contribution is 6.13. The summed E-state index contributed by atoms with van der Waals surface area (Å²) < 4.78 is 12.9. The van der Waals surface area contributed by atoms with Gasteiger partial charge in [0.25, 0.3) is 0 Å². The Kier molecular flexibility index (Phi) is 6.97. The van der Waals surface area contributed by atoms with E-state index in [-0.39, 0.29) is 0 Å². The Morgan fingerprint density at radius 1 is 0.302 bits per heavy atom. The van der Waals surface area contributed by atoms with Crippen LogP contribution in [0.3, 0.4) is 0 Å². The highest BCUT2D eigenvalue weighted by Crippen LogP contribution is 2.64. The number of fused-ring (bicyclic) bond motifs is 16. The Morgan fingerprint density at radius 2 is 0.841 bits per heavy atom. The molecule has 63 heavy (non-hydrogen) atoms. The van der Waals surface area contributed by atoms with Crippen LogP contribution in [-0.4, -0.2) is 15.0 Å². The third-order valence-electron chi connectivity index (χ3n) is 13.4. The maximum atomic E-state index is 6.63. The predicted octanol–water partition coefficient (Wildman–Crippen LogP) is 14.7. The van der Waals surface area contributed by atoms with E-state index >= 15 is 0 Å². The number of furan rings is 2. The van der Waals surface area contributed by atoms with Crippen LogP contribution in [0.25, 0.3) is 111 Å². The van der Waals surface area contributed by atoms with Crippen LogP contribution in [0.2, 0.25) is 0 Å². The second-order valence-electron chi connectivity index (χ2n) is 16.6. The number of rotatable bonds is 4. The number of para-hydroxylation sites is 1. The predicted molar refractivity (Wildman–Crippen MR) is 252 cm³/mol. The molecule has 0 bridgehead atoms. The first-order valence-corrected chi connectivity index (χ1v) is 21.3. The largest absolute Gasteiger partial charge is 0.456 e. The van der Waals surface area contributed by atoms with Crippen LogP contribution in [0.15, 0.2) is 209 Å². The molecule has 0 radical (unpaired) electrons. The first-order valence-electron chi connectivity index (χ1n) is 21.3. The smallest absolute Gasteiger partial charge is 0.164 e. The number of benzene rings is 9. The molecule has 2 aliphatic carbocycles. The minimum absolute atomic E-state index is 0.420. The fourth-order valence-electron chi connectivity index (χ4n) is 10.8. The zero-order valence-electron chi connectivity index (χ0n) is 33.7. The van der Waals surface area contributed by atoms with Gasteiger partial charge in [-0.1, -0.05) is 164 Å². The van der Waals surface area contributed by atoms with E-state index in [1.165, 1.54) is 50.1 Å². The fourth-order valence-corrected chi connectivity index (χ4v) is 10.8. The minimum Gasteiger partial charge on any atom is -0.456 e. The zero-order valence-corrected chi connectivity index (χ0v) is 33.7. The van der Waals surface area contributed by atoms with Crippen LogP contribution < -0.4 is 0 Å². The van der Waals surface area contributed by atoms with Crippen LogP contribution in [0, 0.1) is 0 Å². The molecule has 0 fully saturated rings. The highest BCUT2D eigenvalue weighted by atomic mass is 16.3. The lowest BCUT2D eigenvalue weighted by Crippen LogP contribution is -2.25. The molecule has 3 heterocycles. The Morgan fingerprint density at radius 3 is 1.65 bits per heavy atom. The molecule has 0 amide bonds. The third kappa shape index (κ3) is 4.73. The van der Waals surface area contributed by atoms with E-state index in [1.54, 1.807) is 0 Å². The monoisotopic (exact) mass is 803 g/mol. The summed E-state index contributed by atoms with van der Waals surface area (Å²) in [6.07, 6.45) is 0. The standard InChI is InChI=1S/C58H33N3O2/c1-2-14-34(15-3-1)55-59-56(36-28-30-41-40-18-7-11-26-49(40)63-52(41)33-36)61-57(60-55)43-21-13-27-51-54(43)44-32-35(29-31-50(44)62-51)37-20-12-25-48-53(37)42-19-6-10-24-47(42)58(48)45-22-8-4-16-38(45)39-17-5-9-23-46(39)58/h1-33H. The van der Waals surface area contributed by atoms with Crippen molar-refractivity contribution in [3.8, 4) is 67.5 Å². The summed E-state index contributed by atoms with van der Waals surface area (Å²) in [5.41, 5.74) is 18.1. The summed E-state index contributed by atoms with van der Waals surface area (Å²) >= 11 is 0. The van der Waals surface area contributed by atoms with Crippen molar-refractivity contribution in [3.63, 3.8) is 0 Å². The Labute approximate surface area is 361 Å².